The number of piperidine rings is 1. The molecule has 1 unspecified atom stereocenters. The first kappa shape index (κ1) is 14.9. The number of hydrogen-bond donors (Lipinski definition) is 2. The van der Waals surface area contributed by atoms with Crippen molar-refractivity contribution in [2.75, 3.05) is 13.1 Å². The number of carboxylic acid groups (broad SMARTS) is 1. The van der Waals surface area contributed by atoms with E-state index in [4.69, 9.17) is 0 Å². The summed E-state index contributed by atoms with van der Waals surface area (Å²) in [6, 6.07) is 7.50. The van der Waals surface area contributed by atoms with Crippen LogP contribution in [0.1, 0.15) is 44.7 Å². The molecule has 1 aromatic carbocycles. The molecule has 2 rings (SSSR count). The van der Waals surface area contributed by atoms with Gasteiger partial charge in [0, 0.05) is 6.04 Å². The molecule has 0 spiro atoms. The van der Waals surface area contributed by atoms with E-state index in [-0.39, 0.29) is 11.8 Å². The predicted molar refractivity (Wildman–Crippen MR) is 77.7 cm³/mol. The fourth-order valence-corrected chi connectivity index (χ4v) is 3.02. The van der Waals surface area contributed by atoms with Crippen LogP contribution in [0.2, 0.25) is 0 Å². The average molecular weight is 277 g/mol. The Labute approximate surface area is 120 Å². The van der Waals surface area contributed by atoms with Crippen molar-refractivity contribution in [3.8, 4) is 5.75 Å². The third-order valence-corrected chi connectivity index (χ3v) is 4.81. The van der Waals surface area contributed by atoms with Gasteiger partial charge in [0.2, 0.25) is 0 Å². The van der Waals surface area contributed by atoms with Crippen LogP contribution in [0.25, 0.3) is 0 Å². The van der Waals surface area contributed by atoms with Gasteiger partial charge in [0.05, 0.1) is 5.41 Å². The van der Waals surface area contributed by atoms with Crippen LogP contribution in [-0.2, 0) is 4.79 Å². The number of benzene rings is 1. The lowest BCUT2D eigenvalue weighted by molar-refractivity contribution is -0.152. The molecule has 0 aromatic heterocycles. The van der Waals surface area contributed by atoms with Crippen LogP contribution >= 0.6 is 0 Å². The fourth-order valence-electron chi connectivity index (χ4n) is 3.02. The Balaban J connectivity index is 2.03. The maximum Gasteiger partial charge on any atom is 0.309 e. The average Bonchev–Trinajstić information content (AvgIpc) is 2.47. The number of phenolic OH excluding ortho intramolecular Hbond substituents is 1. The minimum absolute atomic E-state index is 0.249. The van der Waals surface area contributed by atoms with Gasteiger partial charge < -0.3 is 10.2 Å². The summed E-state index contributed by atoms with van der Waals surface area (Å²) < 4.78 is 0. The predicted octanol–water partition coefficient (Wildman–Crippen LogP) is 3.03. The minimum Gasteiger partial charge on any atom is -0.508 e. The molecule has 1 aliphatic rings. The summed E-state index contributed by atoms with van der Waals surface area (Å²) >= 11 is 0. The molecule has 0 radical (unpaired) electrons. The SMILES string of the molecule is CCC1(C(=O)O)CCN(C(C)c2ccc(O)cc2)CC1. The summed E-state index contributed by atoms with van der Waals surface area (Å²) in [5, 5.41) is 18.7. The number of nitrogens with zero attached hydrogens (tertiary/aromatic N) is 1. The number of aliphatic carboxylic acids is 1. The van der Waals surface area contributed by atoms with Crippen molar-refractivity contribution in [1.82, 2.24) is 4.90 Å². The summed E-state index contributed by atoms with van der Waals surface area (Å²) in [4.78, 5) is 13.8. The van der Waals surface area contributed by atoms with Gasteiger partial charge in [-0.3, -0.25) is 9.69 Å². The van der Waals surface area contributed by atoms with E-state index in [1.54, 1.807) is 12.1 Å². The smallest absolute Gasteiger partial charge is 0.309 e. The standard InChI is InChI=1S/C16H23NO3/c1-3-16(15(19)20)8-10-17(11-9-16)12(2)13-4-6-14(18)7-5-13/h4-7,12,18H,3,8-11H2,1-2H3,(H,19,20). The van der Waals surface area contributed by atoms with Crippen LogP contribution < -0.4 is 0 Å². The van der Waals surface area contributed by atoms with Crippen molar-refractivity contribution in [3.05, 3.63) is 29.8 Å². The van der Waals surface area contributed by atoms with Gasteiger partial charge in [-0.15, -0.1) is 0 Å². The topological polar surface area (TPSA) is 60.8 Å². The summed E-state index contributed by atoms with van der Waals surface area (Å²) in [5.41, 5.74) is 0.618. The fraction of sp³-hybridized carbons (Fsp3) is 0.562. The maximum absolute atomic E-state index is 11.4. The van der Waals surface area contributed by atoms with E-state index in [2.05, 4.69) is 11.8 Å². The van der Waals surface area contributed by atoms with E-state index in [1.807, 2.05) is 19.1 Å². The highest BCUT2D eigenvalue weighted by atomic mass is 16.4. The van der Waals surface area contributed by atoms with Crippen molar-refractivity contribution >= 4 is 5.97 Å². The van der Waals surface area contributed by atoms with Gasteiger partial charge in [0.25, 0.3) is 0 Å². The molecule has 4 nitrogen and oxygen atoms in total. The van der Waals surface area contributed by atoms with E-state index in [0.717, 1.165) is 18.7 Å². The van der Waals surface area contributed by atoms with Crippen molar-refractivity contribution in [1.29, 1.82) is 0 Å². The molecular weight excluding hydrogens is 254 g/mol. The zero-order valence-electron chi connectivity index (χ0n) is 12.2. The zero-order chi connectivity index (χ0) is 14.8. The number of carbonyl (C=O) groups is 1. The molecule has 2 N–H and O–H groups in total. The van der Waals surface area contributed by atoms with Crippen LogP contribution in [0.3, 0.4) is 0 Å². The van der Waals surface area contributed by atoms with Gasteiger partial charge in [-0.1, -0.05) is 19.1 Å². The van der Waals surface area contributed by atoms with Crippen molar-refractivity contribution < 1.29 is 15.0 Å². The van der Waals surface area contributed by atoms with Gasteiger partial charge in [-0.05, 0) is 57.0 Å². The van der Waals surface area contributed by atoms with E-state index in [0.29, 0.717) is 19.3 Å². The summed E-state index contributed by atoms with van der Waals surface area (Å²) in [7, 11) is 0. The zero-order valence-corrected chi connectivity index (χ0v) is 12.2. The first-order chi connectivity index (χ1) is 9.48. The van der Waals surface area contributed by atoms with E-state index >= 15 is 0 Å². The number of rotatable bonds is 4. The molecular formula is C16H23NO3. The molecule has 0 bridgehead atoms. The van der Waals surface area contributed by atoms with Crippen LogP contribution in [-0.4, -0.2) is 34.2 Å². The van der Waals surface area contributed by atoms with Gasteiger partial charge >= 0.3 is 5.97 Å². The number of likely N-dealkylation sites (tertiary alicyclic amines) is 1. The number of aromatic hydroxyl groups is 1. The molecule has 1 aromatic rings. The molecule has 0 saturated carbocycles. The number of hydrogen-bond acceptors (Lipinski definition) is 3. The van der Waals surface area contributed by atoms with Gasteiger partial charge in [0.1, 0.15) is 5.75 Å². The molecule has 0 amide bonds. The summed E-state index contributed by atoms with van der Waals surface area (Å²) in [6.07, 6.45) is 2.12. The Kier molecular flexibility index (Phi) is 4.33. The molecule has 1 atom stereocenters. The molecule has 1 fully saturated rings. The Morgan fingerprint density at radius 2 is 1.85 bits per heavy atom. The molecule has 4 heteroatoms. The van der Waals surface area contributed by atoms with Crippen molar-refractivity contribution in [2.24, 2.45) is 5.41 Å². The van der Waals surface area contributed by atoms with Gasteiger partial charge in [-0.25, -0.2) is 0 Å². The Morgan fingerprint density at radius 3 is 2.30 bits per heavy atom. The molecule has 1 saturated heterocycles. The first-order valence-electron chi connectivity index (χ1n) is 7.25. The number of phenols is 1. The molecule has 1 heterocycles. The third kappa shape index (κ3) is 2.80. The highest BCUT2D eigenvalue weighted by Crippen LogP contribution is 2.37. The third-order valence-electron chi connectivity index (χ3n) is 4.81. The van der Waals surface area contributed by atoms with Crippen molar-refractivity contribution in [2.45, 2.75) is 39.2 Å². The molecule has 0 aliphatic carbocycles. The highest BCUT2D eigenvalue weighted by Gasteiger charge is 2.40. The van der Waals surface area contributed by atoms with Crippen molar-refractivity contribution in [3.63, 3.8) is 0 Å². The Hall–Kier alpha value is -1.55. The minimum atomic E-state index is -0.656. The Morgan fingerprint density at radius 1 is 1.30 bits per heavy atom. The van der Waals surface area contributed by atoms with Crippen LogP contribution in [0.5, 0.6) is 5.75 Å². The van der Waals surface area contributed by atoms with E-state index < -0.39 is 11.4 Å². The quantitative estimate of drug-likeness (QED) is 0.888. The summed E-state index contributed by atoms with van der Waals surface area (Å²) in [6.45, 7) is 5.71. The first-order valence-corrected chi connectivity index (χ1v) is 7.25. The Bertz CT molecular complexity index is 461. The van der Waals surface area contributed by atoms with Gasteiger partial charge in [-0.2, -0.15) is 0 Å². The normalized spacial score (nSPS) is 20.5. The lowest BCUT2D eigenvalue weighted by atomic mass is 9.76. The highest BCUT2D eigenvalue weighted by molar-refractivity contribution is 5.74. The van der Waals surface area contributed by atoms with E-state index in [9.17, 15) is 15.0 Å². The van der Waals surface area contributed by atoms with E-state index in [1.165, 1.54) is 0 Å². The largest absolute Gasteiger partial charge is 0.508 e. The molecule has 20 heavy (non-hydrogen) atoms. The van der Waals surface area contributed by atoms with Gasteiger partial charge in [0.15, 0.2) is 0 Å². The van der Waals surface area contributed by atoms with Crippen LogP contribution in [0.4, 0.5) is 0 Å². The lowest BCUT2D eigenvalue weighted by Crippen LogP contribution is -2.44. The summed E-state index contributed by atoms with van der Waals surface area (Å²) in [5.74, 6) is -0.382. The maximum atomic E-state index is 11.4. The second-order valence-electron chi connectivity index (χ2n) is 5.74. The lowest BCUT2D eigenvalue weighted by Gasteiger charge is -2.41. The van der Waals surface area contributed by atoms with Crippen LogP contribution in [0, 0.1) is 5.41 Å². The second kappa shape index (κ2) is 5.83. The van der Waals surface area contributed by atoms with Crippen LogP contribution in [0.15, 0.2) is 24.3 Å². The molecule has 110 valence electrons. The second-order valence-corrected chi connectivity index (χ2v) is 5.74. The monoisotopic (exact) mass is 277 g/mol. The number of carboxylic acids is 1. The molecule has 1 aliphatic heterocycles.